The highest BCUT2D eigenvalue weighted by Crippen LogP contribution is 2.45. The lowest BCUT2D eigenvalue weighted by atomic mass is 9.70. The first-order valence-electron chi connectivity index (χ1n) is 12.0. The maximum absolute atomic E-state index is 13.8. The van der Waals surface area contributed by atoms with Crippen LogP contribution in [0.15, 0.2) is 71.2 Å². The van der Waals surface area contributed by atoms with Gasteiger partial charge in [0.15, 0.2) is 11.6 Å². The van der Waals surface area contributed by atoms with Crippen LogP contribution in [0.25, 0.3) is 10.9 Å². The molecule has 0 spiro atoms. The van der Waals surface area contributed by atoms with E-state index in [1.807, 2.05) is 48.5 Å². The van der Waals surface area contributed by atoms with E-state index in [1.165, 1.54) is 6.07 Å². The second-order valence-corrected chi connectivity index (χ2v) is 10.9. The molecule has 3 atom stereocenters. The highest BCUT2D eigenvalue weighted by atomic mass is 79.9. The van der Waals surface area contributed by atoms with Gasteiger partial charge in [-0.2, -0.15) is 0 Å². The molecule has 0 saturated carbocycles. The molecule has 1 aliphatic heterocycles. The number of benzene rings is 3. The van der Waals surface area contributed by atoms with Crippen molar-refractivity contribution in [2.75, 3.05) is 13.7 Å². The van der Waals surface area contributed by atoms with Gasteiger partial charge in [-0.3, -0.25) is 0 Å². The van der Waals surface area contributed by atoms with Crippen molar-refractivity contribution in [1.82, 2.24) is 10.3 Å². The number of ether oxygens (including phenoxy) is 1. The Hall–Kier alpha value is -2.58. The number of halogens is 4. The molecule has 8 heteroatoms. The van der Waals surface area contributed by atoms with E-state index in [0.29, 0.717) is 42.3 Å². The summed E-state index contributed by atoms with van der Waals surface area (Å²) in [6, 6.07) is 19.1. The summed E-state index contributed by atoms with van der Waals surface area (Å²) in [5.41, 5.74) is 1.93. The van der Waals surface area contributed by atoms with Crippen molar-refractivity contribution in [3.05, 3.63) is 105 Å². The van der Waals surface area contributed by atoms with Crippen molar-refractivity contribution in [3.8, 4) is 5.88 Å². The van der Waals surface area contributed by atoms with E-state index in [1.54, 1.807) is 13.2 Å². The summed E-state index contributed by atoms with van der Waals surface area (Å²) in [7, 11) is 1.58. The number of hydrogen-bond acceptors (Lipinski definition) is 4. The number of methoxy groups -OCH3 is 1. The van der Waals surface area contributed by atoms with E-state index in [2.05, 4.69) is 21.2 Å². The molecule has 1 aliphatic rings. The van der Waals surface area contributed by atoms with Crippen LogP contribution in [0.1, 0.15) is 35.4 Å². The van der Waals surface area contributed by atoms with Crippen LogP contribution >= 0.6 is 27.5 Å². The monoisotopic (exact) mass is 586 g/mol. The fourth-order valence-electron chi connectivity index (χ4n) is 5.40. The van der Waals surface area contributed by atoms with Gasteiger partial charge in [-0.25, -0.2) is 13.8 Å². The first kappa shape index (κ1) is 26.0. The van der Waals surface area contributed by atoms with Gasteiger partial charge < -0.3 is 15.2 Å². The zero-order chi connectivity index (χ0) is 26.2. The quantitative estimate of drug-likeness (QED) is 0.261. The summed E-state index contributed by atoms with van der Waals surface area (Å²) in [6.45, 7) is 0.559. The van der Waals surface area contributed by atoms with E-state index in [4.69, 9.17) is 21.3 Å². The van der Waals surface area contributed by atoms with Gasteiger partial charge in [-0.05, 0) is 85.5 Å². The van der Waals surface area contributed by atoms with Crippen LogP contribution in [-0.2, 0) is 6.42 Å². The fourth-order valence-corrected chi connectivity index (χ4v) is 5.91. The number of aliphatic hydroxyl groups is 1. The Morgan fingerprint density at radius 3 is 2.62 bits per heavy atom. The zero-order valence-corrected chi connectivity index (χ0v) is 22.5. The predicted octanol–water partition coefficient (Wildman–Crippen LogP) is 6.80. The maximum Gasteiger partial charge on any atom is 0.217 e. The number of rotatable bonds is 6. The number of fused-ring (bicyclic) bond motifs is 1. The summed E-state index contributed by atoms with van der Waals surface area (Å²) in [5, 5.41) is 17.3. The Morgan fingerprint density at radius 2 is 1.89 bits per heavy atom. The predicted molar refractivity (Wildman–Crippen MR) is 145 cm³/mol. The van der Waals surface area contributed by atoms with Crippen LogP contribution in [0.2, 0.25) is 5.02 Å². The van der Waals surface area contributed by atoms with Crippen molar-refractivity contribution in [2.24, 2.45) is 0 Å². The molecule has 37 heavy (non-hydrogen) atoms. The molecule has 1 saturated heterocycles. The Morgan fingerprint density at radius 1 is 1.11 bits per heavy atom. The third-order valence-corrected chi connectivity index (χ3v) is 7.82. The summed E-state index contributed by atoms with van der Waals surface area (Å²) in [5.74, 6) is -1.77. The van der Waals surface area contributed by atoms with Gasteiger partial charge in [-0.1, -0.05) is 45.7 Å². The van der Waals surface area contributed by atoms with Gasteiger partial charge in [0.25, 0.3) is 0 Å². The van der Waals surface area contributed by atoms with Gasteiger partial charge in [0.1, 0.15) is 0 Å². The van der Waals surface area contributed by atoms with Crippen molar-refractivity contribution >= 4 is 38.4 Å². The van der Waals surface area contributed by atoms with Crippen molar-refractivity contribution in [3.63, 3.8) is 0 Å². The molecule has 0 bridgehead atoms. The molecule has 0 aliphatic carbocycles. The molecule has 5 rings (SSSR count). The van der Waals surface area contributed by atoms with Gasteiger partial charge >= 0.3 is 0 Å². The molecule has 2 N–H and O–H groups in total. The molecular weight excluding hydrogens is 562 g/mol. The molecule has 192 valence electrons. The van der Waals surface area contributed by atoms with Gasteiger partial charge in [0.2, 0.25) is 5.88 Å². The third-order valence-electron chi connectivity index (χ3n) is 7.07. The molecule has 2 heterocycles. The minimum absolute atomic E-state index is 0.146. The minimum atomic E-state index is -1.17. The summed E-state index contributed by atoms with van der Waals surface area (Å²) in [6.07, 6.45) is 1.32. The smallest absolute Gasteiger partial charge is 0.217 e. The van der Waals surface area contributed by atoms with Crippen molar-refractivity contribution in [1.29, 1.82) is 0 Å². The Labute approximate surface area is 227 Å². The molecule has 1 fully saturated rings. The van der Waals surface area contributed by atoms with E-state index in [9.17, 15) is 13.9 Å². The lowest BCUT2D eigenvalue weighted by Gasteiger charge is -2.43. The maximum atomic E-state index is 13.8. The summed E-state index contributed by atoms with van der Waals surface area (Å²) < 4.78 is 34.0. The number of hydrogen-bond donors (Lipinski definition) is 2. The second kappa shape index (κ2) is 10.7. The van der Waals surface area contributed by atoms with Crippen LogP contribution in [0.4, 0.5) is 8.78 Å². The molecule has 3 aromatic carbocycles. The lowest BCUT2D eigenvalue weighted by Crippen LogP contribution is -2.52. The first-order valence-corrected chi connectivity index (χ1v) is 13.2. The largest absolute Gasteiger partial charge is 0.481 e. The molecule has 4 nitrogen and oxygen atoms in total. The fraction of sp³-hybridized carbons (Fsp3) is 0.276. The number of nitrogens with one attached hydrogen (secondary N) is 1. The standard InChI is InChI=1S/C29H26BrClF2N2O2/c1-37-28-23(15-19-14-20(30)5-9-26(19)35-28)27(18-3-6-21(31)7-4-18)29(36)10-11-34-22(16-29)12-17-2-8-24(32)25(33)13-17/h2-9,13-15,22,27,34,36H,10-12,16H2,1H3. The molecule has 0 amide bonds. The topological polar surface area (TPSA) is 54.4 Å². The highest BCUT2D eigenvalue weighted by Gasteiger charge is 2.44. The highest BCUT2D eigenvalue weighted by molar-refractivity contribution is 9.10. The van der Waals surface area contributed by atoms with Crippen molar-refractivity contribution in [2.45, 2.75) is 36.8 Å². The SMILES string of the molecule is COc1nc2ccc(Br)cc2cc1C(c1ccc(Cl)cc1)C1(O)CCNC(Cc2ccc(F)c(F)c2)C1. The molecular formula is C29H26BrClF2N2O2. The minimum Gasteiger partial charge on any atom is -0.481 e. The Balaban J connectivity index is 1.58. The van der Waals surface area contributed by atoms with E-state index >= 15 is 0 Å². The van der Waals surface area contributed by atoms with Crippen LogP contribution in [0.5, 0.6) is 5.88 Å². The average Bonchev–Trinajstić information content (AvgIpc) is 2.87. The van der Waals surface area contributed by atoms with E-state index in [0.717, 1.165) is 32.6 Å². The van der Waals surface area contributed by atoms with Gasteiger partial charge in [-0.15, -0.1) is 0 Å². The van der Waals surface area contributed by atoms with Gasteiger partial charge in [0.05, 0.1) is 18.2 Å². The molecule has 0 radical (unpaired) electrons. The number of piperidine rings is 1. The Bertz CT molecular complexity index is 1440. The second-order valence-electron chi connectivity index (χ2n) is 9.57. The van der Waals surface area contributed by atoms with E-state index < -0.39 is 23.2 Å². The van der Waals surface area contributed by atoms with E-state index in [-0.39, 0.29) is 6.04 Å². The number of pyridine rings is 1. The van der Waals surface area contributed by atoms with Crippen LogP contribution in [0, 0.1) is 11.6 Å². The number of nitrogens with zero attached hydrogens (tertiary/aromatic N) is 1. The van der Waals surface area contributed by atoms with Gasteiger partial charge in [0, 0.05) is 32.4 Å². The summed E-state index contributed by atoms with van der Waals surface area (Å²) in [4.78, 5) is 4.76. The number of aromatic nitrogens is 1. The average molecular weight is 588 g/mol. The van der Waals surface area contributed by atoms with Crippen LogP contribution < -0.4 is 10.1 Å². The normalized spacial score (nSPS) is 20.6. The Kier molecular flexibility index (Phi) is 7.50. The zero-order valence-electron chi connectivity index (χ0n) is 20.1. The lowest BCUT2D eigenvalue weighted by molar-refractivity contribution is -0.0191. The molecule has 3 unspecified atom stereocenters. The summed E-state index contributed by atoms with van der Waals surface area (Å²) >= 11 is 9.74. The molecule has 1 aromatic heterocycles. The first-order chi connectivity index (χ1) is 17.8. The van der Waals surface area contributed by atoms with Crippen LogP contribution in [0.3, 0.4) is 0 Å². The molecule has 4 aromatic rings. The van der Waals surface area contributed by atoms with Crippen LogP contribution in [-0.4, -0.2) is 35.4 Å². The third kappa shape index (κ3) is 5.50. The van der Waals surface area contributed by atoms with Crippen molar-refractivity contribution < 1.29 is 18.6 Å².